The molecule has 4 nitrogen and oxygen atoms in total. The Morgan fingerprint density at radius 1 is 0.421 bits per heavy atom. The number of aromatic nitrogens is 4. The van der Waals surface area contributed by atoms with Gasteiger partial charge in [0.25, 0.3) is 0 Å². The normalized spacial score (nSPS) is 11.7. The maximum absolute atomic E-state index is 5.56. The van der Waals surface area contributed by atoms with Crippen molar-refractivity contribution in [1.29, 1.82) is 0 Å². The third-order valence-corrected chi connectivity index (χ3v) is 11.3. The molecule has 9 aromatic carbocycles. The van der Waals surface area contributed by atoms with Crippen LogP contribution in [-0.4, -0.2) is 19.5 Å². The van der Waals surface area contributed by atoms with E-state index in [1.54, 1.807) is 0 Å². The first-order chi connectivity index (χ1) is 28.2. The summed E-state index contributed by atoms with van der Waals surface area (Å²) in [6, 6.07) is 67.0. The molecule has 0 fully saturated rings. The molecule has 0 atom stereocenters. The highest BCUT2D eigenvalue weighted by atomic mass is 15.1. The summed E-state index contributed by atoms with van der Waals surface area (Å²) >= 11 is 0. The Kier molecular flexibility index (Phi) is 7.75. The lowest BCUT2D eigenvalue weighted by Crippen LogP contribution is -2.01. The molecular weight excluding hydrogens is 693 g/mol. The molecule has 2 heterocycles. The topological polar surface area (TPSA) is 43.6 Å². The number of rotatable bonds is 6. The van der Waals surface area contributed by atoms with Crippen molar-refractivity contribution in [1.82, 2.24) is 19.5 Å². The summed E-state index contributed by atoms with van der Waals surface area (Å²) in [6.45, 7) is 2.16. The van der Waals surface area contributed by atoms with E-state index in [1.165, 1.54) is 32.3 Å². The lowest BCUT2D eigenvalue weighted by molar-refractivity contribution is 0.908. The summed E-state index contributed by atoms with van der Waals surface area (Å²) in [4.78, 5) is 15.9. The standard InChI is InChI=1S/C53H36N4/c1-2-48-54-46-27-15-16-28-47(46)57(48)37-31-29-36(30-32-37)52-42-25-13-14-26-45(42)55-53(56-52)44-33-43(34-17-5-3-6-18-34)50-40-23-11-9-21-38(40)39-22-10-12-24-41(39)51(50)49(44)35-19-7-4-8-20-35/h3-33H,2H2,1H3. The molecule has 0 N–H and O–H groups in total. The van der Waals surface area contributed by atoms with Crippen LogP contribution >= 0.6 is 0 Å². The quantitative estimate of drug-likeness (QED) is 0.160. The van der Waals surface area contributed by atoms with Crippen LogP contribution in [0, 0.1) is 0 Å². The maximum Gasteiger partial charge on any atom is 0.161 e. The minimum absolute atomic E-state index is 0.692. The van der Waals surface area contributed by atoms with Crippen LogP contribution in [0.3, 0.4) is 0 Å². The minimum atomic E-state index is 0.692. The van der Waals surface area contributed by atoms with Gasteiger partial charge in [-0.2, -0.15) is 0 Å². The van der Waals surface area contributed by atoms with Crippen molar-refractivity contribution in [2.24, 2.45) is 0 Å². The highest BCUT2D eigenvalue weighted by Gasteiger charge is 2.24. The molecule has 0 amide bonds. The summed E-state index contributed by atoms with van der Waals surface area (Å²) in [5.41, 5.74) is 11.6. The van der Waals surface area contributed by atoms with Gasteiger partial charge in [-0.15, -0.1) is 0 Å². The first-order valence-electron chi connectivity index (χ1n) is 19.6. The van der Waals surface area contributed by atoms with Crippen LogP contribution in [0.25, 0.3) is 105 Å². The van der Waals surface area contributed by atoms with E-state index in [0.29, 0.717) is 5.82 Å². The summed E-state index contributed by atoms with van der Waals surface area (Å²) in [6.07, 6.45) is 0.835. The highest BCUT2D eigenvalue weighted by molar-refractivity contribution is 6.32. The van der Waals surface area contributed by atoms with E-state index in [0.717, 1.165) is 78.9 Å². The van der Waals surface area contributed by atoms with E-state index in [-0.39, 0.29) is 0 Å². The Morgan fingerprint density at radius 2 is 0.982 bits per heavy atom. The highest BCUT2D eigenvalue weighted by Crippen LogP contribution is 2.49. The molecule has 0 spiro atoms. The Balaban J connectivity index is 1.23. The molecule has 0 aliphatic heterocycles. The first kappa shape index (κ1) is 33.0. The fraction of sp³-hybridized carbons (Fsp3) is 0.0377. The van der Waals surface area contributed by atoms with Crippen molar-refractivity contribution in [2.45, 2.75) is 13.3 Å². The largest absolute Gasteiger partial charge is 0.296 e. The third kappa shape index (κ3) is 5.33. The smallest absolute Gasteiger partial charge is 0.161 e. The van der Waals surface area contributed by atoms with Gasteiger partial charge in [-0.05, 0) is 85.4 Å². The van der Waals surface area contributed by atoms with Gasteiger partial charge in [0.05, 0.1) is 22.2 Å². The lowest BCUT2D eigenvalue weighted by Gasteiger charge is -2.21. The van der Waals surface area contributed by atoms with E-state index >= 15 is 0 Å². The number of hydrogen-bond donors (Lipinski definition) is 0. The Labute approximate surface area is 330 Å². The molecule has 0 radical (unpaired) electrons. The average Bonchev–Trinajstić information content (AvgIpc) is 3.67. The Hall–Kier alpha value is -7.43. The predicted octanol–water partition coefficient (Wildman–Crippen LogP) is 13.7. The van der Waals surface area contributed by atoms with E-state index in [4.69, 9.17) is 15.0 Å². The number of imidazole rings is 1. The van der Waals surface area contributed by atoms with E-state index in [2.05, 4.69) is 193 Å². The van der Waals surface area contributed by atoms with Gasteiger partial charge >= 0.3 is 0 Å². The molecule has 4 heteroatoms. The zero-order valence-corrected chi connectivity index (χ0v) is 31.4. The lowest BCUT2D eigenvalue weighted by atomic mass is 9.82. The second kappa shape index (κ2) is 13.4. The number of hydrogen-bond acceptors (Lipinski definition) is 3. The minimum Gasteiger partial charge on any atom is -0.296 e. The van der Waals surface area contributed by atoms with Gasteiger partial charge < -0.3 is 0 Å². The van der Waals surface area contributed by atoms with Crippen LogP contribution in [0.5, 0.6) is 0 Å². The molecule has 11 aromatic rings. The van der Waals surface area contributed by atoms with E-state index < -0.39 is 0 Å². The van der Waals surface area contributed by atoms with Crippen LogP contribution in [0.4, 0.5) is 0 Å². The summed E-state index contributed by atoms with van der Waals surface area (Å²) in [5, 5.41) is 8.35. The monoisotopic (exact) mass is 728 g/mol. The molecule has 0 unspecified atom stereocenters. The summed E-state index contributed by atoms with van der Waals surface area (Å²) < 4.78 is 2.27. The van der Waals surface area contributed by atoms with E-state index in [1.807, 2.05) is 6.07 Å². The number of fused-ring (bicyclic) bond motifs is 8. The second-order valence-corrected chi connectivity index (χ2v) is 14.6. The Morgan fingerprint density at radius 3 is 1.67 bits per heavy atom. The second-order valence-electron chi connectivity index (χ2n) is 14.6. The molecular formula is C53H36N4. The van der Waals surface area contributed by atoms with E-state index in [9.17, 15) is 0 Å². The predicted molar refractivity (Wildman–Crippen MR) is 238 cm³/mol. The van der Waals surface area contributed by atoms with Crippen LogP contribution in [0.1, 0.15) is 12.7 Å². The van der Waals surface area contributed by atoms with Crippen LogP contribution in [0.15, 0.2) is 188 Å². The zero-order chi connectivity index (χ0) is 37.9. The van der Waals surface area contributed by atoms with Crippen molar-refractivity contribution < 1.29 is 0 Å². The molecule has 0 saturated heterocycles. The third-order valence-electron chi connectivity index (χ3n) is 11.3. The van der Waals surface area contributed by atoms with Gasteiger partial charge in [0, 0.05) is 34.2 Å². The maximum atomic E-state index is 5.56. The van der Waals surface area contributed by atoms with Gasteiger partial charge in [0.15, 0.2) is 5.82 Å². The first-order valence-corrected chi connectivity index (χ1v) is 19.6. The van der Waals surface area contributed by atoms with Gasteiger partial charge in [-0.25, -0.2) is 15.0 Å². The number of benzene rings is 9. The van der Waals surface area contributed by atoms with Crippen LogP contribution in [-0.2, 0) is 6.42 Å². The summed E-state index contributed by atoms with van der Waals surface area (Å²) in [5.74, 6) is 1.73. The van der Waals surface area contributed by atoms with Crippen molar-refractivity contribution in [3.8, 4) is 50.6 Å². The van der Waals surface area contributed by atoms with Gasteiger partial charge in [0.1, 0.15) is 5.82 Å². The van der Waals surface area contributed by atoms with Gasteiger partial charge in [0.2, 0.25) is 0 Å². The Bertz CT molecular complexity index is 3310. The molecule has 268 valence electrons. The van der Waals surface area contributed by atoms with Crippen molar-refractivity contribution >= 4 is 54.3 Å². The van der Waals surface area contributed by atoms with Crippen molar-refractivity contribution in [3.05, 3.63) is 194 Å². The van der Waals surface area contributed by atoms with Gasteiger partial charge in [-0.1, -0.05) is 159 Å². The molecule has 0 saturated carbocycles. The molecule has 0 bridgehead atoms. The number of aryl methyl sites for hydroxylation is 1. The van der Waals surface area contributed by atoms with Crippen LogP contribution in [0.2, 0.25) is 0 Å². The fourth-order valence-corrected chi connectivity index (χ4v) is 8.82. The van der Waals surface area contributed by atoms with Gasteiger partial charge in [-0.3, -0.25) is 4.57 Å². The molecule has 2 aromatic heterocycles. The number of nitrogens with zero attached hydrogens (tertiary/aromatic N) is 4. The zero-order valence-electron chi connectivity index (χ0n) is 31.4. The fourth-order valence-electron chi connectivity index (χ4n) is 8.82. The number of para-hydroxylation sites is 3. The van der Waals surface area contributed by atoms with Crippen LogP contribution < -0.4 is 0 Å². The van der Waals surface area contributed by atoms with Crippen molar-refractivity contribution in [2.75, 3.05) is 0 Å². The average molecular weight is 729 g/mol. The SMILES string of the molecule is CCc1nc2ccccc2n1-c1ccc(-c2nc(-c3cc(-c4ccccc4)c4c5ccccc5c5ccccc5c4c3-c3ccccc3)nc3ccccc23)cc1. The molecule has 11 rings (SSSR count). The molecule has 0 aliphatic carbocycles. The van der Waals surface area contributed by atoms with Crippen molar-refractivity contribution in [3.63, 3.8) is 0 Å². The molecule has 57 heavy (non-hydrogen) atoms. The molecule has 0 aliphatic rings. The summed E-state index contributed by atoms with van der Waals surface area (Å²) in [7, 11) is 0.